The Balaban J connectivity index is 0.00000144. The molecule has 0 aromatic heterocycles. The van der Waals surface area contributed by atoms with Gasteiger partial charge in [0.2, 0.25) is 0 Å². The van der Waals surface area contributed by atoms with Gasteiger partial charge in [-0.05, 0) is 42.4 Å². The van der Waals surface area contributed by atoms with E-state index in [0.717, 1.165) is 31.9 Å². The number of hydrogen-bond acceptors (Lipinski definition) is 4. The number of piperazine rings is 1. The van der Waals surface area contributed by atoms with Crippen LogP contribution in [-0.4, -0.2) is 46.9 Å². The third kappa shape index (κ3) is 3.83. The molecule has 0 bridgehead atoms. The number of benzene rings is 1. The second-order valence-electron chi connectivity index (χ2n) is 4.02. The smallest absolute Gasteiger partial charge is 0.768 e. The van der Waals surface area contributed by atoms with Crippen molar-refractivity contribution in [2.45, 2.75) is 4.90 Å². The summed E-state index contributed by atoms with van der Waals surface area (Å²) in [6.07, 6.45) is 0. The van der Waals surface area contributed by atoms with Crippen LogP contribution in [-0.2, 0) is 11.1 Å². The number of likely N-dealkylation sites (N-methyl/N-ethyl adjacent to an activating group) is 1. The van der Waals surface area contributed by atoms with Gasteiger partial charge in [0.1, 0.15) is 0 Å². The van der Waals surface area contributed by atoms with Gasteiger partial charge in [0, 0.05) is 36.8 Å². The number of anilines is 1. The minimum Gasteiger partial charge on any atom is -0.768 e. The monoisotopic (exact) mass is 246 g/mol. The summed E-state index contributed by atoms with van der Waals surface area (Å²) < 4.78 is 21.4. The Morgan fingerprint density at radius 2 is 1.65 bits per heavy atom. The third-order valence-electron chi connectivity index (χ3n) is 2.90. The molecule has 17 heavy (non-hydrogen) atoms. The van der Waals surface area contributed by atoms with E-state index in [9.17, 15) is 8.76 Å². The summed E-state index contributed by atoms with van der Waals surface area (Å²) in [6, 6.07) is 7.04. The van der Waals surface area contributed by atoms with Gasteiger partial charge in [0.25, 0.3) is 0 Å². The number of nitrogens with zero attached hydrogens (tertiary/aromatic N) is 2. The summed E-state index contributed by atoms with van der Waals surface area (Å²) in [6.45, 7) is 4.09. The summed E-state index contributed by atoms with van der Waals surface area (Å²) in [7, 11) is 2.11. The topological polar surface area (TPSA) is 46.6 Å². The van der Waals surface area contributed by atoms with Gasteiger partial charge in [0.15, 0.2) is 0 Å². The molecule has 1 aliphatic heterocycles. The maximum absolute atomic E-state index is 10.7. The maximum Gasteiger partial charge on any atom is 1.00 e. The summed E-state index contributed by atoms with van der Waals surface area (Å²) in [5.74, 6) is 0. The molecule has 0 saturated carbocycles. The van der Waals surface area contributed by atoms with Crippen LogP contribution in [0.5, 0.6) is 0 Å². The second-order valence-corrected chi connectivity index (χ2v) is 4.96. The zero-order valence-electron chi connectivity index (χ0n) is 10.3. The Morgan fingerprint density at radius 3 is 2.12 bits per heavy atom. The zero-order chi connectivity index (χ0) is 11.5. The first-order valence-corrected chi connectivity index (χ1v) is 6.37. The van der Waals surface area contributed by atoms with Crippen LogP contribution in [0.1, 0.15) is 0 Å². The minimum atomic E-state index is -2.12. The van der Waals surface area contributed by atoms with Gasteiger partial charge in [-0.1, -0.05) is 0 Å². The van der Waals surface area contributed by atoms with Crippen molar-refractivity contribution in [3.63, 3.8) is 0 Å². The molecule has 0 spiro atoms. The van der Waals surface area contributed by atoms with Crippen LogP contribution in [0, 0.1) is 0 Å². The fraction of sp³-hybridized carbons (Fsp3) is 0.455. The van der Waals surface area contributed by atoms with E-state index in [1.54, 1.807) is 12.1 Å². The summed E-state index contributed by atoms with van der Waals surface area (Å²) in [4.78, 5) is 4.91. The van der Waals surface area contributed by atoms with Crippen molar-refractivity contribution in [1.82, 2.24) is 4.90 Å². The van der Waals surface area contributed by atoms with Gasteiger partial charge in [-0.25, -0.2) is 0 Å². The molecular formula is C11H15LiN2O2S. The van der Waals surface area contributed by atoms with E-state index in [1.807, 2.05) is 12.1 Å². The van der Waals surface area contributed by atoms with E-state index in [1.165, 1.54) is 0 Å². The Morgan fingerprint density at radius 1 is 1.12 bits per heavy atom. The molecule has 6 heteroatoms. The average molecular weight is 246 g/mol. The summed E-state index contributed by atoms with van der Waals surface area (Å²) in [5, 5.41) is 0. The molecule has 1 fully saturated rings. The average Bonchev–Trinajstić information content (AvgIpc) is 2.30. The Labute approximate surface area is 116 Å². The standard InChI is InChI=1S/C11H16N2O2S.Li/c1-12-6-8-13(9-7-12)10-2-4-11(5-3-10)16(14)15;/h2-5H,6-9H2,1H3,(H,14,15);/q;+1/p-1. The van der Waals surface area contributed by atoms with Crippen LogP contribution < -0.4 is 23.8 Å². The van der Waals surface area contributed by atoms with E-state index < -0.39 is 11.1 Å². The molecule has 2 rings (SSSR count). The first kappa shape index (κ1) is 14.7. The molecule has 1 heterocycles. The van der Waals surface area contributed by atoms with E-state index in [0.29, 0.717) is 4.90 Å². The maximum atomic E-state index is 10.7. The van der Waals surface area contributed by atoms with E-state index in [2.05, 4.69) is 16.8 Å². The molecular weight excluding hydrogens is 231 g/mol. The quantitative estimate of drug-likeness (QED) is 0.434. The van der Waals surface area contributed by atoms with E-state index in [4.69, 9.17) is 0 Å². The van der Waals surface area contributed by atoms with Crippen molar-refractivity contribution in [3.05, 3.63) is 24.3 Å². The van der Waals surface area contributed by atoms with Gasteiger partial charge >= 0.3 is 18.9 Å². The molecule has 0 amide bonds. The van der Waals surface area contributed by atoms with Gasteiger partial charge in [0.05, 0.1) is 0 Å². The Kier molecular flexibility index (Phi) is 5.70. The Hall–Kier alpha value is -0.313. The van der Waals surface area contributed by atoms with Gasteiger partial charge in [-0.3, -0.25) is 4.21 Å². The Bertz CT molecular complexity index is 378. The number of rotatable bonds is 2. The molecule has 0 N–H and O–H groups in total. The minimum absolute atomic E-state index is 0. The van der Waals surface area contributed by atoms with Crippen LogP contribution in [0.3, 0.4) is 0 Å². The van der Waals surface area contributed by atoms with Gasteiger partial charge in [-0.2, -0.15) is 0 Å². The summed E-state index contributed by atoms with van der Waals surface area (Å²) >= 11 is -2.12. The van der Waals surface area contributed by atoms with Crippen molar-refractivity contribution >= 4 is 16.8 Å². The van der Waals surface area contributed by atoms with Gasteiger partial charge in [-0.15, -0.1) is 0 Å². The molecule has 1 aromatic carbocycles. The largest absolute Gasteiger partial charge is 1.00 e. The molecule has 1 unspecified atom stereocenters. The number of hydrogen-bond donors (Lipinski definition) is 0. The second kappa shape index (κ2) is 6.57. The molecule has 1 aromatic rings. The van der Waals surface area contributed by atoms with E-state index in [-0.39, 0.29) is 18.9 Å². The predicted molar refractivity (Wildman–Crippen MR) is 63.3 cm³/mol. The molecule has 1 atom stereocenters. The zero-order valence-corrected chi connectivity index (χ0v) is 11.1. The molecule has 0 aliphatic carbocycles. The fourth-order valence-corrected chi connectivity index (χ4v) is 2.19. The SMILES string of the molecule is CN1CCN(c2ccc(S(=O)[O-])cc2)CC1.[Li+]. The van der Waals surface area contributed by atoms with Crippen molar-refractivity contribution in [2.75, 3.05) is 38.1 Å². The van der Waals surface area contributed by atoms with Gasteiger partial charge < -0.3 is 14.4 Å². The predicted octanol–water partition coefficient (Wildman–Crippen LogP) is -2.32. The van der Waals surface area contributed by atoms with Crippen LogP contribution in [0.2, 0.25) is 0 Å². The van der Waals surface area contributed by atoms with Crippen LogP contribution in [0.25, 0.3) is 0 Å². The molecule has 1 aliphatic rings. The normalized spacial score (nSPS) is 18.6. The molecule has 88 valence electrons. The summed E-state index contributed by atoms with van der Waals surface area (Å²) in [5.41, 5.74) is 1.10. The third-order valence-corrected chi connectivity index (χ3v) is 3.55. The fourth-order valence-electron chi connectivity index (χ4n) is 1.83. The molecule has 1 saturated heterocycles. The van der Waals surface area contributed by atoms with E-state index >= 15 is 0 Å². The first-order chi connectivity index (χ1) is 7.66. The molecule has 4 nitrogen and oxygen atoms in total. The first-order valence-electron chi connectivity index (χ1n) is 5.29. The van der Waals surface area contributed by atoms with Crippen molar-refractivity contribution in [3.8, 4) is 0 Å². The van der Waals surface area contributed by atoms with Crippen LogP contribution >= 0.6 is 0 Å². The molecule has 0 radical (unpaired) electrons. The van der Waals surface area contributed by atoms with Crippen molar-refractivity contribution < 1.29 is 27.6 Å². The van der Waals surface area contributed by atoms with Crippen molar-refractivity contribution in [2.24, 2.45) is 0 Å². The van der Waals surface area contributed by atoms with Crippen LogP contribution in [0.4, 0.5) is 5.69 Å². The van der Waals surface area contributed by atoms with Crippen molar-refractivity contribution in [1.29, 1.82) is 0 Å². The van der Waals surface area contributed by atoms with Crippen LogP contribution in [0.15, 0.2) is 29.2 Å².